The smallest absolute Gasteiger partial charge is 0.0334 e. The van der Waals surface area contributed by atoms with Gasteiger partial charge in [-0.2, -0.15) is 0 Å². The first-order chi connectivity index (χ1) is 14.6. The average Bonchev–Trinajstić information content (AvgIpc) is 3.00. The van der Waals surface area contributed by atoms with Crippen LogP contribution >= 0.6 is 0 Å². The monoisotopic (exact) mass is 425 g/mol. The Morgan fingerprint density at radius 1 is 1.23 bits per heavy atom. The van der Waals surface area contributed by atoms with E-state index >= 15 is 0 Å². The summed E-state index contributed by atoms with van der Waals surface area (Å²) in [4.78, 5) is 2.49. The van der Waals surface area contributed by atoms with E-state index in [1.54, 1.807) is 0 Å². The third-order valence-electron chi connectivity index (χ3n) is 7.12. The quantitative estimate of drug-likeness (QED) is 0.401. The van der Waals surface area contributed by atoms with Crippen molar-refractivity contribution in [2.45, 2.75) is 79.3 Å². The number of rotatable bonds is 11. The first-order valence-electron chi connectivity index (χ1n) is 12.3. The number of hydrogen-bond acceptors (Lipinski definition) is 3. The van der Waals surface area contributed by atoms with Gasteiger partial charge in [-0.05, 0) is 63.0 Å². The van der Waals surface area contributed by atoms with Gasteiger partial charge >= 0.3 is 0 Å². The second kappa shape index (κ2) is 11.6. The van der Waals surface area contributed by atoms with Crippen LogP contribution in [0.3, 0.4) is 0 Å². The SMILES string of the molecule is C=C1NCCC1CC(C(C)C)N(C)C(=C)C(CC(C)C)C(C)NC1=C(C)CC=CC=C1. The maximum absolute atomic E-state index is 4.66. The van der Waals surface area contributed by atoms with E-state index in [1.165, 1.54) is 29.1 Å². The maximum atomic E-state index is 4.66. The molecule has 0 aromatic heterocycles. The van der Waals surface area contributed by atoms with Crippen LogP contribution in [0, 0.1) is 23.7 Å². The molecule has 1 aliphatic carbocycles. The Hall–Kier alpha value is -1.90. The van der Waals surface area contributed by atoms with Gasteiger partial charge in [-0.1, -0.05) is 59.1 Å². The lowest BCUT2D eigenvalue weighted by Gasteiger charge is -2.41. The number of hydrogen-bond donors (Lipinski definition) is 2. The standard InChI is InChI=1S/C28H47N3/c1-19(2)17-26(23(7)30-27-14-12-10-11-13-21(27)5)24(8)31(9)28(20(3)4)18-25-15-16-29-22(25)6/h10-12,14,19-20,23,25-26,28-30H,6,8,13,15-18H2,1-5,7,9H3. The molecule has 174 valence electrons. The fourth-order valence-corrected chi connectivity index (χ4v) is 5.01. The zero-order valence-corrected chi connectivity index (χ0v) is 21.2. The van der Waals surface area contributed by atoms with Crippen molar-refractivity contribution in [3.8, 4) is 0 Å². The molecule has 4 unspecified atom stereocenters. The highest BCUT2D eigenvalue weighted by Crippen LogP contribution is 2.33. The maximum Gasteiger partial charge on any atom is 0.0334 e. The molecule has 0 bridgehead atoms. The van der Waals surface area contributed by atoms with Crippen LogP contribution < -0.4 is 10.6 Å². The largest absolute Gasteiger partial charge is 0.389 e. The van der Waals surface area contributed by atoms with Crippen LogP contribution in [0.1, 0.15) is 67.2 Å². The Balaban J connectivity index is 2.18. The summed E-state index contributed by atoms with van der Waals surface area (Å²) < 4.78 is 0. The van der Waals surface area contributed by atoms with Gasteiger partial charge in [-0.15, -0.1) is 0 Å². The van der Waals surface area contributed by atoms with E-state index in [2.05, 4.69) is 102 Å². The van der Waals surface area contributed by atoms with Gasteiger partial charge < -0.3 is 15.5 Å². The van der Waals surface area contributed by atoms with E-state index in [9.17, 15) is 0 Å². The van der Waals surface area contributed by atoms with Gasteiger partial charge in [0.2, 0.25) is 0 Å². The summed E-state index contributed by atoms with van der Waals surface area (Å²) >= 11 is 0. The Kier molecular flexibility index (Phi) is 9.53. The topological polar surface area (TPSA) is 27.3 Å². The molecule has 4 atom stereocenters. The van der Waals surface area contributed by atoms with Crippen LogP contribution in [0.5, 0.6) is 0 Å². The molecule has 3 nitrogen and oxygen atoms in total. The van der Waals surface area contributed by atoms with Crippen molar-refractivity contribution in [3.05, 3.63) is 60.1 Å². The van der Waals surface area contributed by atoms with Crippen molar-refractivity contribution < 1.29 is 0 Å². The van der Waals surface area contributed by atoms with Crippen LogP contribution in [-0.2, 0) is 0 Å². The summed E-state index contributed by atoms with van der Waals surface area (Å²) in [5, 5.41) is 7.28. The predicted molar refractivity (Wildman–Crippen MR) is 137 cm³/mol. The van der Waals surface area contributed by atoms with Crippen LogP contribution in [0.25, 0.3) is 0 Å². The Bertz CT molecular complexity index is 710. The van der Waals surface area contributed by atoms with Crippen molar-refractivity contribution in [3.63, 3.8) is 0 Å². The molecule has 0 aromatic carbocycles. The fourth-order valence-electron chi connectivity index (χ4n) is 5.01. The zero-order chi connectivity index (χ0) is 23.1. The van der Waals surface area contributed by atoms with E-state index in [-0.39, 0.29) is 0 Å². The van der Waals surface area contributed by atoms with Crippen molar-refractivity contribution in [2.24, 2.45) is 23.7 Å². The van der Waals surface area contributed by atoms with Gasteiger partial charge in [-0.3, -0.25) is 0 Å². The molecular weight excluding hydrogens is 378 g/mol. The zero-order valence-electron chi connectivity index (χ0n) is 21.2. The summed E-state index contributed by atoms with van der Waals surface area (Å²) in [7, 11) is 2.26. The first kappa shape index (κ1) is 25.4. The summed E-state index contributed by atoms with van der Waals surface area (Å²) in [5.41, 5.74) is 5.13. The highest BCUT2D eigenvalue weighted by molar-refractivity contribution is 5.31. The van der Waals surface area contributed by atoms with Crippen LogP contribution in [0.15, 0.2) is 60.1 Å². The second-order valence-electron chi connectivity index (χ2n) is 10.4. The summed E-state index contributed by atoms with van der Waals surface area (Å²) in [5.74, 6) is 2.15. The second-order valence-corrected chi connectivity index (χ2v) is 10.4. The highest BCUT2D eigenvalue weighted by Gasteiger charge is 2.31. The molecule has 31 heavy (non-hydrogen) atoms. The molecule has 3 heteroatoms. The average molecular weight is 426 g/mol. The molecule has 1 fully saturated rings. The lowest BCUT2D eigenvalue weighted by molar-refractivity contribution is 0.176. The van der Waals surface area contributed by atoms with Crippen molar-refractivity contribution >= 4 is 0 Å². The molecular formula is C28H47N3. The van der Waals surface area contributed by atoms with Gasteiger partial charge in [0, 0.05) is 54.6 Å². The Morgan fingerprint density at radius 3 is 2.52 bits per heavy atom. The van der Waals surface area contributed by atoms with E-state index in [1.807, 2.05) is 0 Å². The van der Waals surface area contributed by atoms with Gasteiger partial charge in [0.15, 0.2) is 0 Å². The van der Waals surface area contributed by atoms with Gasteiger partial charge in [0.1, 0.15) is 0 Å². The lowest BCUT2D eigenvalue weighted by Crippen LogP contribution is -2.43. The summed E-state index contributed by atoms with van der Waals surface area (Å²) in [6, 6.07) is 0.792. The molecule has 2 N–H and O–H groups in total. The van der Waals surface area contributed by atoms with Crippen LogP contribution in [0.4, 0.5) is 0 Å². The molecule has 2 aliphatic rings. The fraction of sp³-hybridized carbons (Fsp3) is 0.643. The van der Waals surface area contributed by atoms with Crippen molar-refractivity contribution in [1.82, 2.24) is 15.5 Å². The molecule has 0 aromatic rings. The summed E-state index contributed by atoms with van der Waals surface area (Å²) in [6.07, 6.45) is 13.2. The molecule has 0 saturated carbocycles. The third-order valence-corrected chi connectivity index (χ3v) is 7.12. The number of nitrogens with one attached hydrogen (secondary N) is 2. The number of allylic oxidation sites excluding steroid dienone is 6. The van der Waals surface area contributed by atoms with Crippen molar-refractivity contribution in [1.29, 1.82) is 0 Å². The van der Waals surface area contributed by atoms with Crippen molar-refractivity contribution in [2.75, 3.05) is 13.6 Å². The van der Waals surface area contributed by atoms with E-state index in [0.717, 1.165) is 25.8 Å². The molecule has 1 heterocycles. The number of nitrogens with zero attached hydrogens (tertiary/aromatic N) is 1. The molecule has 2 rings (SSSR count). The lowest BCUT2D eigenvalue weighted by atomic mass is 9.85. The predicted octanol–water partition coefficient (Wildman–Crippen LogP) is 6.40. The highest BCUT2D eigenvalue weighted by atomic mass is 15.2. The van der Waals surface area contributed by atoms with Crippen LogP contribution in [-0.4, -0.2) is 30.6 Å². The molecule has 1 saturated heterocycles. The minimum Gasteiger partial charge on any atom is -0.389 e. The van der Waals surface area contributed by atoms with Gasteiger partial charge in [-0.25, -0.2) is 0 Å². The third kappa shape index (κ3) is 7.05. The van der Waals surface area contributed by atoms with E-state index in [4.69, 9.17) is 0 Å². The van der Waals surface area contributed by atoms with E-state index < -0.39 is 0 Å². The minimum atomic E-state index is 0.320. The minimum absolute atomic E-state index is 0.320. The Labute approximate surface area is 192 Å². The molecule has 0 spiro atoms. The Morgan fingerprint density at radius 2 is 1.94 bits per heavy atom. The summed E-state index contributed by atoms with van der Waals surface area (Å²) in [6.45, 7) is 23.9. The van der Waals surface area contributed by atoms with Gasteiger partial charge in [0.05, 0.1) is 0 Å². The van der Waals surface area contributed by atoms with Crippen LogP contribution in [0.2, 0.25) is 0 Å². The molecule has 1 aliphatic heterocycles. The van der Waals surface area contributed by atoms with E-state index in [0.29, 0.717) is 35.8 Å². The normalized spacial score (nSPS) is 21.8. The molecule has 0 amide bonds. The van der Waals surface area contributed by atoms with Gasteiger partial charge in [0.25, 0.3) is 0 Å². The first-order valence-corrected chi connectivity index (χ1v) is 12.3. The molecule has 0 radical (unpaired) electrons.